The molecule has 6 heteroatoms. The van der Waals surface area contributed by atoms with Gasteiger partial charge in [0.2, 0.25) is 5.88 Å². The number of hydrogen-bond donors (Lipinski definition) is 0. The van der Waals surface area contributed by atoms with E-state index in [9.17, 15) is 4.79 Å². The minimum absolute atomic E-state index is 0.00120. The number of ether oxygens (including phenoxy) is 1. The Labute approximate surface area is 145 Å². The second kappa shape index (κ2) is 6.47. The van der Waals surface area contributed by atoms with Crippen LogP contribution in [0.4, 0.5) is 0 Å². The minimum atomic E-state index is -0.0728. The van der Waals surface area contributed by atoms with Crippen LogP contribution in [0.5, 0.6) is 5.88 Å². The number of fused-ring (bicyclic) bond motifs is 1. The van der Waals surface area contributed by atoms with E-state index in [4.69, 9.17) is 4.74 Å². The third kappa shape index (κ3) is 3.15. The molecule has 0 bridgehead atoms. The first-order valence-corrected chi connectivity index (χ1v) is 8.30. The summed E-state index contributed by atoms with van der Waals surface area (Å²) in [6.07, 6.45) is 4.04. The zero-order valence-electron chi connectivity index (χ0n) is 13.9. The molecule has 0 N–H and O–H groups in total. The maximum Gasteiger partial charge on any atom is 0.255 e. The van der Waals surface area contributed by atoms with E-state index in [1.54, 1.807) is 18.5 Å². The summed E-state index contributed by atoms with van der Waals surface area (Å²) in [5.41, 5.74) is 3.04. The Kier molecular flexibility index (Phi) is 4.01. The first-order valence-electron chi connectivity index (χ1n) is 8.30. The fourth-order valence-corrected chi connectivity index (χ4v) is 3.06. The van der Waals surface area contributed by atoms with E-state index < -0.39 is 0 Å². The van der Waals surface area contributed by atoms with Crippen LogP contribution in [0.15, 0.2) is 48.8 Å². The Morgan fingerprint density at radius 3 is 2.84 bits per heavy atom. The lowest BCUT2D eigenvalue weighted by Crippen LogP contribution is -2.31. The summed E-state index contributed by atoms with van der Waals surface area (Å²) in [6, 6.07) is 11.3. The molecule has 6 nitrogen and oxygen atoms in total. The summed E-state index contributed by atoms with van der Waals surface area (Å²) >= 11 is 0. The van der Waals surface area contributed by atoms with Crippen LogP contribution in [0, 0.1) is 6.92 Å². The van der Waals surface area contributed by atoms with Gasteiger partial charge in [0.25, 0.3) is 5.91 Å². The first-order chi connectivity index (χ1) is 12.2. The highest BCUT2D eigenvalue weighted by Gasteiger charge is 2.29. The molecule has 0 aliphatic carbocycles. The molecule has 1 atom stereocenters. The van der Waals surface area contributed by atoms with Crippen LogP contribution < -0.4 is 4.74 Å². The molecule has 25 heavy (non-hydrogen) atoms. The van der Waals surface area contributed by atoms with E-state index in [-0.39, 0.29) is 12.0 Å². The number of carbonyl (C=O) groups is 1. The minimum Gasteiger partial charge on any atom is -0.471 e. The average Bonchev–Trinajstić information content (AvgIpc) is 3.10. The lowest BCUT2D eigenvalue weighted by Gasteiger charge is -2.17. The number of amides is 1. The van der Waals surface area contributed by atoms with Gasteiger partial charge in [-0.3, -0.25) is 9.78 Å². The van der Waals surface area contributed by atoms with Gasteiger partial charge in [0.1, 0.15) is 6.10 Å². The summed E-state index contributed by atoms with van der Waals surface area (Å²) < 4.78 is 5.95. The van der Waals surface area contributed by atoms with Gasteiger partial charge in [-0.25, -0.2) is 9.97 Å². The fraction of sp³-hybridized carbons (Fsp3) is 0.263. The number of hydrogen-bond acceptors (Lipinski definition) is 5. The number of benzene rings is 1. The van der Waals surface area contributed by atoms with Crippen LogP contribution in [-0.4, -0.2) is 45.0 Å². The highest BCUT2D eigenvalue weighted by atomic mass is 16.5. The molecule has 1 amide bonds. The van der Waals surface area contributed by atoms with Crippen LogP contribution >= 0.6 is 0 Å². The SMILES string of the molecule is Cc1ncccc1C(=O)N1CCC(Oc2cnc3ccccc3n2)C1. The van der Waals surface area contributed by atoms with Gasteiger partial charge in [0.05, 0.1) is 29.3 Å². The lowest BCUT2D eigenvalue weighted by molar-refractivity contribution is 0.0770. The van der Waals surface area contributed by atoms with E-state index in [0.717, 1.165) is 23.1 Å². The zero-order chi connectivity index (χ0) is 17.2. The van der Waals surface area contributed by atoms with Crippen LogP contribution in [-0.2, 0) is 0 Å². The van der Waals surface area contributed by atoms with Crippen LogP contribution in [0.1, 0.15) is 22.5 Å². The molecular weight excluding hydrogens is 316 g/mol. The van der Waals surface area contributed by atoms with Crippen molar-refractivity contribution in [3.8, 4) is 5.88 Å². The van der Waals surface area contributed by atoms with Gasteiger partial charge in [0.15, 0.2) is 0 Å². The Bertz CT molecular complexity index is 928. The molecular formula is C19H18N4O2. The van der Waals surface area contributed by atoms with Crippen LogP contribution in [0.3, 0.4) is 0 Å². The Hall–Kier alpha value is -3.02. The molecule has 0 spiro atoms. The number of rotatable bonds is 3. The standard InChI is InChI=1S/C19H18N4O2/c1-13-15(5-4-9-20-13)19(24)23-10-8-14(12-23)25-18-11-21-16-6-2-3-7-17(16)22-18/h2-7,9,11,14H,8,10,12H2,1H3. The second-order valence-electron chi connectivity index (χ2n) is 6.11. The van der Waals surface area contributed by atoms with E-state index in [2.05, 4.69) is 15.0 Å². The summed E-state index contributed by atoms with van der Waals surface area (Å²) in [6.45, 7) is 3.06. The highest BCUT2D eigenvalue weighted by Crippen LogP contribution is 2.20. The van der Waals surface area contributed by atoms with E-state index >= 15 is 0 Å². The molecule has 1 aromatic carbocycles. The predicted molar refractivity (Wildman–Crippen MR) is 93.4 cm³/mol. The van der Waals surface area contributed by atoms with E-state index in [0.29, 0.717) is 24.5 Å². The molecule has 3 aromatic rings. The highest BCUT2D eigenvalue weighted by molar-refractivity contribution is 5.95. The third-order valence-corrected chi connectivity index (χ3v) is 4.38. The van der Waals surface area contributed by atoms with Crippen molar-refractivity contribution >= 4 is 16.9 Å². The molecule has 1 aliphatic heterocycles. The van der Waals surface area contributed by atoms with Gasteiger partial charge < -0.3 is 9.64 Å². The largest absolute Gasteiger partial charge is 0.471 e. The van der Waals surface area contributed by atoms with E-state index in [1.165, 1.54) is 0 Å². The van der Waals surface area contributed by atoms with E-state index in [1.807, 2.05) is 42.2 Å². The van der Waals surface area contributed by atoms with Gasteiger partial charge >= 0.3 is 0 Å². The fourth-order valence-electron chi connectivity index (χ4n) is 3.06. The second-order valence-corrected chi connectivity index (χ2v) is 6.11. The lowest BCUT2D eigenvalue weighted by atomic mass is 10.2. The van der Waals surface area contributed by atoms with Gasteiger partial charge in [-0.05, 0) is 31.2 Å². The number of nitrogens with zero attached hydrogens (tertiary/aromatic N) is 4. The van der Waals surface area contributed by atoms with Crippen molar-refractivity contribution in [2.75, 3.05) is 13.1 Å². The summed E-state index contributed by atoms with van der Waals surface area (Å²) in [7, 11) is 0. The van der Waals surface area contributed by atoms with Crippen molar-refractivity contribution < 1.29 is 9.53 Å². The monoisotopic (exact) mass is 334 g/mol. The number of para-hydroxylation sites is 2. The maximum absolute atomic E-state index is 12.6. The van der Waals surface area contributed by atoms with Gasteiger partial charge in [-0.1, -0.05) is 12.1 Å². The molecule has 4 rings (SSSR count). The summed E-state index contributed by atoms with van der Waals surface area (Å²) in [5, 5.41) is 0. The quantitative estimate of drug-likeness (QED) is 0.736. The topological polar surface area (TPSA) is 68.2 Å². The molecule has 0 radical (unpaired) electrons. The van der Waals surface area contributed by atoms with Crippen molar-refractivity contribution in [2.24, 2.45) is 0 Å². The van der Waals surface area contributed by atoms with Gasteiger partial charge in [-0.15, -0.1) is 0 Å². The van der Waals surface area contributed by atoms with Crippen LogP contribution in [0.2, 0.25) is 0 Å². The van der Waals surface area contributed by atoms with Gasteiger partial charge in [-0.2, -0.15) is 0 Å². The van der Waals surface area contributed by atoms with Crippen molar-refractivity contribution in [1.29, 1.82) is 0 Å². The van der Waals surface area contributed by atoms with Crippen molar-refractivity contribution in [2.45, 2.75) is 19.4 Å². The van der Waals surface area contributed by atoms with Crippen molar-refractivity contribution in [1.82, 2.24) is 19.9 Å². The molecule has 1 fully saturated rings. The number of aromatic nitrogens is 3. The Morgan fingerprint density at radius 2 is 2.00 bits per heavy atom. The smallest absolute Gasteiger partial charge is 0.255 e. The molecule has 0 saturated carbocycles. The summed E-state index contributed by atoms with van der Waals surface area (Å²) in [5.74, 6) is 0.497. The predicted octanol–water partition coefficient (Wildman–Crippen LogP) is 2.63. The average molecular weight is 334 g/mol. The van der Waals surface area contributed by atoms with Gasteiger partial charge in [0, 0.05) is 24.9 Å². The Morgan fingerprint density at radius 1 is 1.16 bits per heavy atom. The number of carbonyl (C=O) groups excluding carboxylic acids is 1. The molecule has 1 aliphatic rings. The number of pyridine rings is 1. The number of likely N-dealkylation sites (tertiary alicyclic amines) is 1. The van der Waals surface area contributed by atoms with Crippen molar-refractivity contribution in [3.05, 3.63) is 60.0 Å². The Balaban J connectivity index is 1.45. The zero-order valence-corrected chi connectivity index (χ0v) is 13.9. The van der Waals surface area contributed by atoms with Crippen molar-refractivity contribution in [3.63, 3.8) is 0 Å². The normalized spacial score (nSPS) is 17.0. The molecule has 1 saturated heterocycles. The molecule has 126 valence electrons. The maximum atomic E-state index is 12.6. The number of aryl methyl sites for hydroxylation is 1. The summed E-state index contributed by atoms with van der Waals surface area (Å²) in [4.78, 5) is 27.5. The third-order valence-electron chi connectivity index (χ3n) is 4.38. The first kappa shape index (κ1) is 15.5. The van der Waals surface area contributed by atoms with Crippen LogP contribution in [0.25, 0.3) is 11.0 Å². The molecule has 3 heterocycles. The molecule has 1 unspecified atom stereocenters. The molecule has 2 aromatic heterocycles.